The van der Waals surface area contributed by atoms with Crippen LogP contribution in [0, 0.1) is 5.92 Å². The highest BCUT2D eigenvalue weighted by Crippen LogP contribution is 2.48. The van der Waals surface area contributed by atoms with Gasteiger partial charge in [-0.1, -0.05) is 43.6 Å². The van der Waals surface area contributed by atoms with E-state index in [1.54, 1.807) is 29.6 Å². The van der Waals surface area contributed by atoms with Gasteiger partial charge in [0.05, 0.1) is 30.9 Å². The molecule has 1 fully saturated rings. The first-order valence-corrected chi connectivity index (χ1v) is 17.8. The van der Waals surface area contributed by atoms with E-state index < -0.39 is 43.9 Å². The van der Waals surface area contributed by atoms with E-state index in [0.717, 1.165) is 5.56 Å². The number of halogens is 2. The van der Waals surface area contributed by atoms with Crippen molar-refractivity contribution in [2.75, 3.05) is 37.8 Å². The number of nitrogens with one attached hydrogen (secondary N) is 1. The molecule has 46 heavy (non-hydrogen) atoms. The molecule has 0 unspecified atom stereocenters. The third-order valence-corrected chi connectivity index (χ3v) is 9.54. The standard InChI is InChI=1S/C30H43Cl2N6O7P/c1-7-42-46(41,43-8-2)18-25(39)37(16-19(3)4)17-24-23(45-30(5,6)40)13-26(44-24)38-28-21(15-34-38)27(35-29(32)36-28)33-14-20-11-9-10-12-22(20)31/h9-12,15,19,23-24,26,40H,7-8,13-14,16-18H2,1-6H3,(H,33,35,36)/t23-,24+,26+/m0/s1. The minimum Gasteiger partial charge on any atom is -0.366 e. The number of carbonyl (C=O) groups excluding carboxylic acids is 1. The second kappa shape index (κ2) is 15.7. The van der Waals surface area contributed by atoms with E-state index in [4.69, 9.17) is 41.7 Å². The summed E-state index contributed by atoms with van der Waals surface area (Å²) >= 11 is 12.7. The van der Waals surface area contributed by atoms with Crippen molar-refractivity contribution in [2.24, 2.45) is 5.92 Å². The minimum atomic E-state index is -3.64. The minimum absolute atomic E-state index is 0.0106. The molecule has 3 atom stereocenters. The van der Waals surface area contributed by atoms with Crippen LogP contribution < -0.4 is 5.32 Å². The molecule has 13 nitrogen and oxygen atoms in total. The first kappa shape index (κ1) is 36.5. The van der Waals surface area contributed by atoms with Crippen LogP contribution in [-0.2, 0) is 34.4 Å². The normalized spacial score (nSPS) is 18.9. The number of hydrogen-bond acceptors (Lipinski definition) is 11. The van der Waals surface area contributed by atoms with Gasteiger partial charge in [-0.25, -0.2) is 4.68 Å². The number of aromatic nitrogens is 4. The molecule has 254 valence electrons. The van der Waals surface area contributed by atoms with E-state index in [1.807, 2.05) is 38.1 Å². The summed E-state index contributed by atoms with van der Waals surface area (Å²) in [6.07, 6.45) is -0.477. The van der Waals surface area contributed by atoms with Gasteiger partial charge in [0.15, 0.2) is 17.7 Å². The summed E-state index contributed by atoms with van der Waals surface area (Å²) in [6.45, 7) is 11.6. The molecular formula is C30H43Cl2N6O7P. The Labute approximate surface area is 279 Å². The maximum absolute atomic E-state index is 13.6. The summed E-state index contributed by atoms with van der Waals surface area (Å²) in [6, 6.07) is 7.48. The fourth-order valence-corrected chi connectivity index (χ4v) is 7.24. The third kappa shape index (κ3) is 9.60. The van der Waals surface area contributed by atoms with Crippen LogP contribution >= 0.6 is 30.8 Å². The molecule has 0 saturated carbocycles. The lowest BCUT2D eigenvalue weighted by molar-refractivity contribution is -0.215. The molecule has 1 aliphatic heterocycles. The van der Waals surface area contributed by atoms with Gasteiger partial charge in [0.1, 0.15) is 18.1 Å². The second-order valence-corrected chi connectivity index (χ2v) is 14.7. The molecule has 0 radical (unpaired) electrons. The number of fused-ring (bicyclic) bond motifs is 1. The molecule has 0 bridgehead atoms. The average Bonchev–Trinajstić information content (AvgIpc) is 3.54. The maximum atomic E-state index is 13.6. The Morgan fingerprint density at radius 1 is 1.22 bits per heavy atom. The zero-order valence-electron chi connectivity index (χ0n) is 27.0. The SMILES string of the molecule is CCOP(=O)(CC(=O)N(CC(C)C)C[C@H]1O[C@@H](n2ncc3c(NCc4ccccc4Cl)nc(Cl)nc32)C[C@@H]1OC(C)(C)O)OCC. The number of anilines is 1. The zero-order chi connectivity index (χ0) is 33.6. The van der Waals surface area contributed by atoms with Crippen LogP contribution in [0.5, 0.6) is 0 Å². The van der Waals surface area contributed by atoms with Crippen molar-refractivity contribution in [3.8, 4) is 0 Å². The van der Waals surface area contributed by atoms with Gasteiger partial charge in [-0.05, 0) is 56.8 Å². The first-order chi connectivity index (χ1) is 21.7. The lowest BCUT2D eigenvalue weighted by atomic mass is 10.1. The number of amides is 1. The Hall–Kier alpha value is -2.35. The monoisotopic (exact) mass is 700 g/mol. The summed E-state index contributed by atoms with van der Waals surface area (Å²) in [5, 5.41) is 19.7. The van der Waals surface area contributed by atoms with E-state index in [9.17, 15) is 14.5 Å². The molecule has 1 aromatic carbocycles. The Bertz CT molecular complexity index is 1530. The van der Waals surface area contributed by atoms with Crippen LogP contribution in [-0.4, -0.2) is 86.1 Å². The Morgan fingerprint density at radius 3 is 2.54 bits per heavy atom. The quantitative estimate of drug-likeness (QED) is 0.104. The fourth-order valence-electron chi connectivity index (χ4n) is 5.30. The summed E-state index contributed by atoms with van der Waals surface area (Å²) in [4.78, 5) is 23.9. The smallest absolute Gasteiger partial charge is 0.340 e. The second-order valence-electron chi connectivity index (χ2n) is 11.9. The maximum Gasteiger partial charge on any atom is 0.340 e. The highest BCUT2D eigenvalue weighted by atomic mass is 35.5. The van der Waals surface area contributed by atoms with Crippen molar-refractivity contribution in [1.82, 2.24) is 24.6 Å². The highest BCUT2D eigenvalue weighted by Gasteiger charge is 2.43. The molecule has 2 N–H and O–H groups in total. The molecule has 0 aliphatic carbocycles. The Morgan fingerprint density at radius 2 is 1.91 bits per heavy atom. The van der Waals surface area contributed by atoms with Gasteiger partial charge in [-0.2, -0.15) is 15.1 Å². The van der Waals surface area contributed by atoms with Gasteiger partial charge < -0.3 is 33.8 Å². The number of aliphatic hydroxyl groups is 1. The van der Waals surface area contributed by atoms with E-state index in [-0.39, 0.29) is 37.4 Å². The molecule has 0 spiro atoms. The van der Waals surface area contributed by atoms with Gasteiger partial charge in [0.2, 0.25) is 11.2 Å². The van der Waals surface area contributed by atoms with Crippen molar-refractivity contribution in [3.05, 3.63) is 46.3 Å². The van der Waals surface area contributed by atoms with E-state index >= 15 is 0 Å². The van der Waals surface area contributed by atoms with Crippen molar-refractivity contribution in [1.29, 1.82) is 0 Å². The van der Waals surface area contributed by atoms with Gasteiger partial charge in [0.25, 0.3) is 0 Å². The molecule has 3 aromatic rings. The Kier molecular flexibility index (Phi) is 12.5. The molecule has 3 heterocycles. The zero-order valence-corrected chi connectivity index (χ0v) is 29.4. The lowest BCUT2D eigenvalue weighted by Crippen LogP contribution is -2.46. The molecule has 16 heteroatoms. The molecule has 1 aliphatic rings. The van der Waals surface area contributed by atoms with E-state index in [1.165, 1.54) is 13.8 Å². The largest absolute Gasteiger partial charge is 0.366 e. The van der Waals surface area contributed by atoms with Crippen molar-refractivity contribution in [3.63, 3.8) is 0 Å². The van der Waals surface area contributed by atoms with Crippen LogP contribution in [0.4, 0.5) is 5.82 Å². The lowest BCUT2D eigenvalue weighted by Gasteiger charge is -2.32. The van der Waals surface area contributed by atoms with Gasteiger partial charge in [-0.15, -0.1) is 0 Å². The topological polar surface area (TPSA) is 150 Å². The average molecular weight is 702 g/mol. The number of rotatable bonds is 16. The fraction of sp³-hybridized carbons (Fsp3) is 0.600. The molecule has 1 amide bonds. The number of carbonyl (C=O) groups is 1. The molecular weight excluding hydrogens is 658 g/mol. The van der Waals surface area contributed by atoms with Gasteiger partial charge in [0, 0.05) is 31.1 Å². The van der Waals surface area contributed by atoms with Crippen molar-refractivity contribution >= 4 is 53.6 Å². The van der Waals surface area contributed by atoms with E-state index in [0.29, 0.717) is 35.0 Å². The molecule has 1 saturated heterocycles. The van der Waals surface area contributed by atoms with Crippen molar-refractivity contribution in [2.45, 2.75) is 78.7 Å². The summed E-state index contributed by atoms with van der Waals surface area (Å²) in [5.41, 5.74) is 1.31. The summed E-state index contributed by atoms with van der Waals surface area (Å²) in [7, 11) is -3.64. The van der Waals surface area contributed by atoms with Gasteiger partial charge >= 0.3 is 7.60 Å². The molecule has 2 aromatic heterocycles. The number of nitrogens with zero attached hydrogens (tertiary/aromatic N) is 5. The van der Waals surface area contributed by atoms with Gasteiger partial charge in [-0.3, -0.25) is 9.36 Å². The third-order valence-electron chi connectivity index (χ3n) is 7.04. The predicted molar refractivity (Wildman–Crippen MR) is 176 cm³/mol. The number of benzene rings is 1. The first-order valence-electron chi connectivity index (χ1n) is 15.3. The van der Waals surface area contributed by atoms with E-state index in [2.05, 4.69) is 20.4 Å². The van der Waals surface area contributed by atoms with Crippen LogP contribution in [0.15, 0.2) is 30.5 Å². The summed E-state index contributed by atoms with van der Waals surface area (Å²) < 4.78 is 38.1. The van der Waals surface area contributed by atoms with Crippen molar-refractivity contribution < 1.29 is 33.0 Å². The van der Waals surface area contributed by atoms with Crippen LogP contribution in [0.3, 0.4) is 0 Å². The number of hydrogen-bond donors (Lipinski definition) is 2. The Balaban J connectivity index is 1.60. The molecule has 4 rings (SSSR count). The highest BCUT2D eigenvalue weighted by molar-refractivity contribution is 7.54. The predicted octanol–water partition coefficient (Wildman–Crippen LogP) is 5.90. The van der Waals surface area contributed by atoms with Crippen LogP contribution in [0.1, 0.15) is 59.8 Å². The summed E-state index contributed by atoms with van der Waals surface area (Å²) in [5.74, 6) is -1.31. The van der Waals surface area contributed by atoms with Crippen LogP contribution in [0.25, 0.3) is 11.0 Å². The number of ether oxygens (including phenoxy) is 2. The van der Waals surface area contributed by atoms with Crippen LogP contribution in [0.2, 0.25) is 10.3 Å².